The van der Waals surface area contributed by atoms with Crippen molar-refractivity contribution in [1.29, 1.82) is 0 Å². The second-order valence-corrected chi connectivity index (χ2v) is 7.05. The topological polar surface area (TPSA) is 70.8 Å². The standard InChI is InChI=1S/C23H20FNO4/c1-2-3-12-25-20(14-8-10-16(24)11-9-14)19(22(27)23(25)28)21(26)18-13-15-6-4-5-7-17(15)29-18/h4-11,13,20,27H,2-3,12H2,1H3. The molecule has 0 radical (unpaired) electrons. The Morgan fingerprint density at radius 2 is 1.90 bits per heavy atom. The van der Waals surface area contributed by atoms with Gasteiger partial charge in [0, 0.05) is 11.9 Å². The summed E-state index contributed by atoms with van der Waals surface area (Å²) < 4.78 is 19.1. The summed E-state index contributed by atoms with van der Waals surface area (Å²) in [6, 6.07) is 13.6. The number of carbonyl (C=O) groups excluding carboxylic acids is 2. The zero-order valence-electron chi connectivity index (χ0n) is 15.9. The highest BCUT2D eigenvalue weighted by molar-refractivity contribution is 6.16. The molecule has 3 aromatic rings. The van der Waals surface area contributed by atoms with Gasteiger partial charge < -0.3 is 14.4 Å². The van der Waals surface area contributed by atoms with Gasteiger partial charge in [-0.3, -0.25) is 9.59 Å². The minimum absolute atomic E-state index is 0.0447. The van der Waals surface area contributed by atoms with Crippen molar-refractivity contribution in [3.63, 3.8) is 0 Å². The van der Waals surface area contributed by atoms with Crippen molar-refractivity contribution < 1.29 is 23.5 Å². The normalized spacial score (nSPS) is 16.8. The lowest BCUT2D eigenvalue weighted by Gasteiger charge is -2.26. The minimum atomic E-state index is -0.796. The van der Waals surface area contributed by atoms with Gasteiger partial charge in [-0.1, -0.05) is 43.7 Å². The third-order valence-corrected chi connectivity index (χ3v) is 5.14. The number of benzene rings is 2. The van der Waals surface area contributed by atoms with Crippen LogP contribution in [0.3, 0.4) is 0 Å². The van der Waals surface area contributed by atoms with Crippen LogP contribution in [0.5, 0.6) is 0 Å². The number of nitrogens with zero attached hydrogens (tertiary/aromatic N) is 1. The first-order valence-electron chi connectivity index (χ1n) is 9.54. The van der Waals surface area contributed by atoms with Gasteiger partial charge in [-0.05, 0) is 36.2 Å². The maximum atomic E-state index is 13.4. The van der Waals surface area contributed by atoms with E-state index in [4.69, 9.17) is 4.42 Å². The van der Waals surface area contributed by atoms with Crippen LogP contribution in [0.4, 0.5) is 4.39 Å². The molecule has 0 bridgehead atoms. The molecule has 1 aliphatic heterocycles. The van der Waals surface area contributed by atoms with Crippen LogP contribution >= 0.6 is 0 Å². The van der Waals surface area contributed by atoms with E-state index in [9.17, 15) is 19.1 Å². The Morgan fingerprint density at radius 3 is 2.59 bits per heavy atom. The van der Waals surface area contributed by atoms with Gasteiger partial charge in [0.25, 0.3) is 5.91 Å². The van der Waals surface area contributed by atoms with Crippen molar-refractivity contribution in [3.05, 3.63) is 83.1 Å². The predicted octanol–water partition coefficient (Wildman–Crippen LogP) is 4.95. The lowest BCUT2D eigenvalue weighted by atomic mass is 9.95. The van der Waals surface area contributed by atoms with Crippen molar-refractivity contribution in [2.75, 3.05) is 6.54 Å². The molecule has 1 amide bonds. The summed E-state index contributed by atoms with van der Waals surface area (Å²) in [5, 5.41) is 11.3. The average Bonchev–Trinajstić information content (AvgIpc) is 3.26. The molecule has 0 spiro atoms. The van der Waals surface area contributed by atoms with E-state index < -0.39 is 29.3 Å². The number of rotatable bonds is 6. The molecular weight excluding hydrogens is 373 g/mol. The van der Waals surface area contributed by atoms with E-state index >= 15 is 0 Å². The Labute approximate surface area is 167 Å². The zero-order chi connectivity index (χ0) is 20.5. The SMILES string of the molecule is CCCCN1C(=O)C(O)=C(C(=O)c2cc3ccccc3o2)C1c1ccc(F)cc1. The number of furan rings is 1. The lowest BCUT2D eigenvalue weighted by molar-refractivity contribution is -0.129. The van der Waals surface area contributed by atoms with Crippen LogP contribution in [-0.2, 0) is 4.79 Å². The fourth-order valence-electron chi connectivity index (χ4n) is 3.66. The van der Waals surface area contributed by atoms with E-state index in [0.717, 1.165) is 11.8 Å². The van der Waals surface area contributed by atoms with Crippen molar-refractivity contribution in [3.8, 4) is 0 Å². The van der Waals surface area contributed by atoms with E-state index in [-0.39, 0.29) is 11.3 Å². The van der Waals surface area contributed by atoms with Crippen LogP contribution in [-0.4, -0.2) is 28.2 Å². The van der Waals surface area contributed by atoms with Gasteiger partial charge in [0.15, 0.2) is 11.5 Å². The maximum absolute atomic E-state index is 13.4. The summed E-state index contributed by atoms with van der Waals surface area (Å²) in [6.07, 6.45) is 1.55. The first-order valence-corrected chi connectivity index (χ1v) is 9.54. The molecule has 6 heteroatoms. The number of carbonyl (C=O) groups is 2. The van der Waals surface area contributed by atoms with Gasteiger partial charge in [-0.25, -0.2) is 4.39 Å². The minimum Gasteiger partial charge on any atom is -0.503 e. The zero-order valence-corrected chi connectivity index (χ0v) is 15.9. The first-order chi connectivity index (χ1) is 14.0. The first kappa shape index (κ1) is 18.9. The Kier molecular flexibility index (Phi) is 4.92. The van der Waals surface area contributed by atoms with Gasteiger partial charge in [0.05, 0.1) is 11.6 Å². The molecule has 0 saturated carbocycles. The summed E-state index contributed by atoms with van der Waals surface area (Å²) in [6.45, 7) is 2.36. The number of halogens is 1. The van der Waals surface area contributed by atoms with Crippen LogP contribution in [0.15, 0.2) is 70.3 Å². The average molecular weight is 393 g/mol. The number of hydrogen-bond acceptors (Lipinski definition) is 4. The van der Waals surface area contributed by atoms with E-state index in [1.165, 1.54) is 29.2 Å². The molecule has 148 valence electrons. The number of Topliss-reactive ketones (excluding diaryl/α,β-unsaturated/α-hetero) is 1. The predicted molar refractivity (Wildman–Crippen MR) is 106 cm³/mol. The number of amides is 1. The van der Waals surface area contributed by atoms with Gasteiger partial charge in [0.1, 0.15) is 11.4 Å². The summed E-state index contributed by atoms with van der Waals surface area (Å²) >= 11 is 0. The van der Waals surface area contributed by atoms with Crippen molar-refractivity contribution >= 4 is 22.7 Å². The van der Waals surface area contributed by atoms with Gasteiger partial charge in [-0.2, -0.15) is 0 Å². The highest BCUT2D eigenvalue weighted by Gasteiger charge is 2.44. The Hall–Kier alpha value is -3.41. The second kappa shape index (κ2) is 7.54. The number of aliphatic hydroxyl groups excluding tert-OH is 1. The number of unbranched alkanes of at least 4 members (excludes halogenated alkanes) is 1. The molecule has 5 nitrogen and oxygen atoms in total. The second-order valence-electron chi connectivity index (χ2n) is 7.05. The van der Waals surface area contributed by atoms with Crippen molar-refractivity contribution in [2.24, 2.45) is 0 Å². The summed E-state index contributed by atoms with van der Waals surface area (Å²) in [5.41, 5.74) is 1.05. The smallest absolute Gasteiger partial charge is 0.290 e. The monoisotopic (exact) mass is 393 g/mol. The fourth-order valence-corrected chi connectivity index (χ4v) is 3.66. The Bertz CT molecular complexity index is 1080. The molecule has 2 heterocycles. The van der Waals surface area contributed by atoms with Crippen molar-refractivity contribution in [2.45, 2.75) is 25.8 Å². The van der Waals surface area contributed by atoms with Crippen LogP contribution in [0, 0.1) is 5.82 Å². The van der Waals surface area contributed by atoms with Gasteiger partial charge in [-0.15, -0.1) is 0 Å². The Morgan fingerprint density at radius 1 is 1.17 bits per heavy atom. The third-order valence-electron chi connectivity index (χ3n) is 5.14. The highest BCUT2D eigenvalue weighted by atomic mass is 19.1. The number of ketones is 1. The summed E-state index contributed by atoms with van der Waals surface area (Å²) in [7, 11) is 0. The number of aliphatic hydroxyl groups is 1. The van der Waals surface area contributed by atoms with Crippen LogP contribution < -0.4 is 0 Å². The molecule has 0 saturated heterocycles. The fraction of sp³-hybridized carbons (Fsp3) is 0.217. The largest absolute Gasteiger partial charge is 0.503 e. The number of para-hydroxylation sites is 1. The maximum Gasteiger partial charge on any atom is 0.290 e. The lowest BCUT2D eigenvalue weighted by Crippen LogP contribution is -2.32. The van der Waals surface area contributed by atoms with Crippen LogP contribution in [0.2, 0.25) is 0 Å². The van der Waals surface area contributed by atoms with E-state index in [1.807, 2.05) is 19.1 Å². The number of fused-ring (bicyclic) bond motifs is 1. The molecule has 1 unspecified atom stereocenters. The summed E-state index contributed by atoms with van der Waals surface area (Å²) in [4.78, 5) is 27.5. The van der Waals surface area contributed by atoms with Crippen LogP contribution in [0.25, 0.3) is 11.0 Å². The molecule has 0 aliphatic carbocycles. The van der Waals surface area contributed by atoms with Gasteiger partial charge in [0.2, 0.25) is 5.78 Å². The molecule has 0 fully saturated rings. The Balaban J connectivity index is 1.79. The quantitative estimate of drug-likeness (QED) is 0.602. The molecule has 1 aliphatic rings. The van der Waals surface area contributed by atoms with Gasteiger partial charge >= 0.3 is 0 Å². The summed E-state index contributed by atoms with van der Waals surface area (Å²) in [5.74, 6) is -2.12. The van der Waals surface area contributed by atoms with E-state index in [1.54, 1.807) is 18.2 Å². The van der Waals surface area contributed by atoms with E-state index in [0.29, 0.717) is 24.1 Å². The molecule has 1 aromatic heterocycles. The molecule has 1 N–H and O–H groups in total. The molecular formula is C23H20FNO4. The van der Waals surface area contributed by atoms with Crippen LogP contribution in [0.1, 0.15) is 41.9 Å². The molecule has 2 aromatic carbocycles. The molecule has 4 rings (SSSR count). The van der Waals surface area contributed by atoms with E-state index in [2.05, 4.69) is 0 Å². The molecule has 1 atom stereocenters. The molecule has 29 heavy (non-hydrogen) atoms. The highest BCUT2D eigenvalue weighted by Crippen LogP contribution is 2.39. The third kappa shape index (κ3) is 3.31. The van der Waals surface area contributed by atoms with Crippen molar-refractivity contribution in [1.82, 2.24) is 4.90 Å². The number of hydrogen-bond donors (Lipinski definition) is 1.